The maximum absolute atomic E-state index is 12.8. The third kappa shape index (κ3) is 4.15. The fraction of sp³-hybridized carbons (Fsp3) is 0.143. The molecule has 0 aliphatic heterocycles. The summed E-state index contributed by atoms with van der Waals surface area (Å²) in [6.07, 6.45) is 1.56. The van der Waals surface area contributed by atoms with E-state index >= 15 is 0 Å². The van der Waals surface area contributed by atoms with Crippen LogP contribution in [0.4, 0.5) is 10.2 Å². The summed E-state index contributed by atoms with van der Waals surface area (Å²) in [5, 5.41) is 7.06. The molecule has 0 fully saturated rings. The van der Waals surface area contributed by atoms with Gasteiger partial charge in [0.05, 0.1) is 5.02 Å². The van der Waals surface area contributed by atoms with Crippen LogP contribution >= 0.6 is 23.8 Å². The lowest BCUT2D eigenvalue weighted by atomic mass is 10.2. The van der Waals surface area contributed by atoms with Crippen LogP contribution in [0, 0.1) is 12.7 Å². The molecule has 0 bridgehead atoms. The number of thiocarbonyl (C=S) groups is 1. The molecule has 0 saturated carbocycles. The third-order valence-corrected chi connectivity index (χ3v) is 3.10. The number of hydrogen-bond donors (Lipinski definition) is 2. The molecule has 0 unspecified atom stereocenters. The first-order chi connectivity index (χ1) is 9.54. The van der Waals surface area contributed by atoms with E-state index in [-0.39, 0.29) is 5.82 Å². The van der Waals surface area contributed by atoms with E-state index in [1.54, 1.807) is 24.4 Å². The number of anilines is 1. The molecule has 2 N–H and O–H groups in total. The quantitative estimate of drug-likeness (QED) is 0.848. The van der Waals surface area contributed by atoms with Gasteiger partial charge < -0.3 is 10.6 Å². The summed E-state index contributed by atoms with van der Waals surface area (Å²) in [6, 6.07) is 8.05. The summed E-state index contributed by atoms with van der Waals surface area (Å²) in [7, 11) is 0. The number of aryl methyl sites for hydroxylation is 1. The average Bonchev–Trinajstić information content (AvgIpc) is 2.41. The summed E-state index contributed by atoms with van der Waals surface area (Å²) in [4.78, 5) is 4.16. The first-order valence-corrected chi connectivity index (χ1v) is 6.74. The van der Waals surface area contributed by atoms with Gasteiger partial charge >= 0.3 is 0 Å². The Morgan fingerprint density at radius 1 is 1.35 bits per heavy atom. The summed E-state index contributed by atoms with van der Waals surface area (Å²) < 4.78 is 12.8. The Labute approximate surface area is 127 Å². The molecule has 1 aromatic carbocycles. The van der Waals surface area contributed by atoms with Gasteiger partial charge in [-0.05, 0) is 48.5 Å². The van der Waals surface area contributed by atoms with Crippen molar-refractivity contribution in [3.8, 4) is 0 Å². The van der Waals surface area contributed by atoms with Crippen LogP contribution < -0.4 is 10.6 Å². The molecule has 0 spiro atoms. The Kier molecular flexibility index (Phi) is 4.87. The fourth-order valence-corrected chi connectivity index (χ4v) is 1.99. The Hall–Kier alpha value is -1.72. The largest absolute Gasteiger partial charge is 0.358 e. The lowest BCUT2D eigenvalue weighted by Crippen LogP contribution is -2.28. The number of benzene rings is 1. The Morgan fingerprint density at radius 2 is 2.05 bits per heavy atom. The van der Waals surface area contributed by atoms with E-state index in [4.69, 9.17) is 23.8 Å². The van der Waals surface area contributed by atoms with E-state index < -0.39 is 0 Å². The molecule has 0 amide bonds. The molecule has 0 saturated heterocycles. The molecule has 1 heterocycles. The third-order valence-electron chi connectivity index (χ3n) is 2.64. The predicted molar refractivity (Wildman–Crippen MR) is 83.4 cm³/mol. The predicted octanol–water partition coefficient (Wildman–Crippen LogP) is 3.67. The normalized spacial score (nSPS) is 10.2. The van der Waals surface area contributed by atoms with Crippen LogP contribution in [-0.2, 0) is 6.54 Å². The van der Waals surface area contributed by atoms with Gasteiger partial charge in [0, 0.05) is 12.7 Å². The van der Waals surface area contributed by atoms with Crippen LogP contribution in [0.3, 0.4) is 0 Å². The van der Waals surface area contributed by atoms with E-state index in [1.807, 2.05) is 6.92 Å². The summed E-state index contributed by atoms with van der Waals surface area (Å²) in [5.41, 5.74) is 1.85. The number of nitrogens with one attached hydrogen (secondary N) is 2. The van der Waals surface area contributed by atoms with E-state index in [9.17, 15) is 4.39 Å². The summed E-state index contributed by atoms with van der Waals surface area (Å²) >= 11 is 11.0. The molecule has 104 valence electrons. The Bertz CT molecular complexity index is 616. The highest BCUT2D eigenvalue weighted by atomic mass is 35.5. The van der Waals surface area contributed by atoms with Crippen LogP contribution in [0.1, 0.15) is 11.1 Å². The van der Waals surface area contributed by atoms with Gasteiger partial charge in [-0.25, -0.2) is 9.37 Å². The Morgan fingerprint density at radius 3 is 2.70 bits per heavy atom. The second-order valence-electron chi connectivity index (χ2n) is 4.25. The van der Waals surface area contributed by atoms with E-state index in [0.29, 0.717) is 22.5 Å². The van der Waals surface area contributed by atoms with Crippen molar-refractivity contribution >= 4 is 34.7 Å². The van der Waals surface area contributed by atoms with Gasteiger partial charge in [0.15, 0.2) is 5.11 Å². The maximum atomic E-state index is 12.8. The monoisotopic (exact) mass is 309 g/mol. The van der Waals surface area contributed by atoms with Gasteiger partial charge in [-0.15, -0.1) is 0 Å². The number of aromatic nitrogens is 1. The van der Waals surface area contributed by atoms with Crippen molar-refractivity contribution in [1.82, 2.24) is 10.3 Å². The van der Waals surface area contributed by atoms with Crippen molar-refractivity contribution in [2.24, 2.45) is 0 Å². The lowest BCUT2D eigenvalue weighted by Gasteiger charge is -2.11. The SMILES string of the molecule is Cc1cc(Cl)cnc1NC(=S)NCc1ccc(F)cc1. The molecule has 20 heavy (non-hydrogen) atoms. The smallest absolute Gasteiger partial charge is 0.172 e. The standard InChI is InChI=1S/C14H13ClFN3S/c1-9-6-11(15)8-17-13(9)19-14(20)18-7-10-2-4-12(16)5-3-10/h2-6,8H,7H2,1H3,(H2,17,18,19,20). The maximum Gasteiger partial charge on any atom is 0.172 e. The van der Waals surface area contributed by atoms with Gasteiger partial charge in [0.1, 0.15) is 11.6 Å². The van der Waals surface area contributed by atoms with E-state index in [2.05, 4.69) is 15.6 Å². The topological polar surface area (TPSA) is 37.0 Å². The van der Waals surface area contributed by atoms with Crippen molar-refractivity contribution in [1.29, 1.82) is 0 Å². The molecule has 0 aliphatic rings. The van der Waals surface area contributed by atoms with Crippen molar-refractivity contribution < 1.29 is 4.39 Å². The first-order valence-electron chi connectivity index (χ1n) is 5.96. The zero-order valence-corrected chi connectivity index (χ0v) is 12.4. The molecule has 2 rings (SSSR count). The van der Waals surface area contributed by atoms with Crippen LogP contribution in [0.25, 0.3) is 0 Å². The van der Waals surface area contributed by atoms with Gasteiger partial charge in [0.2, 0.25) is 0 Å². The van der Waals surface area contributed by atoms with Crippen molar-refractivity contribution in [2.45, 2.75) is 13.5 Å². The van der Waals surface area contributed by atoms with Gasteiger partial charge in [-0.1, -0.05) is 23.7 Å². The van der Waals surface area contributed by atoms with Gasteiger partial charge in [-0.2, -0.15) is 0 Å². The van der Waals surface area contributed by atoms with Crippen LogP contribution in [0.2, 0.25) is 5.02 Å². The molecule has 0 aliphatic carbocycles. The first kappa shape index (κ1) is 14.7. The number of pyridine rings is 1. The van der Waals surface area contributed by atoms with Crippen molar-refractivity contribution in [3.63, 3.8) is 0 Å². The number of rotatable bonds is 3. The van der Waals surface area contributed by atoms with E-state index in [0.717, 1.165) is 11.1 Å². The molecule has 1 aromatic heterocycles. The number of nitrogens with zero attached hydrogens (tertiary/aromatic N) is 1. The Balaban J connectivity index is 1.90. The highest BCUT2D eigenvalue weighted by Gasteiger charge is 2.03. The molecule has 3 nitrogen and oxygen atoms in total. The zero-order chi connectivity index (χ0) is 14.5. The lowest BCUT2D eigenvalue weighted by molar-refractivity contribution is 0.627. The van der Waals surface area contributed by atoms with Gasteiger partial charge in [-0.3, -0.25) is 0 Å². The number of halogens is 2. The minimum Gasteiger partial charge on any atom is -0.358 e. The van der Waals surface area contributed by atoms with Crippen LogP contribution in [0.5, 0.6) is 0 Å². The van der Waals surface area contributed by atoms with E-state index in [1.165, 1.54) is 12.1 Å². The summed E-state index contributed by atoms with van der Waals surface area (Å²) in [6.45, 7) is 2.41. The van der Waals surface area contributed by atoms with Gasteiger partial charge in [0.25, 0.3) is 0 Å². The second kappa shape index (κ2) is 6.63. The number of hydrogen-bond acceptors (Lipinski definition) is 2. The molecule has 2 aromatic rings. The minimum absolute atomic E-state index is 0.254. The fourth-order valence-electron chi connectivity index (χ4n) is 1.61. The molecular weight excluding hydrogens is 297 g/mol. The molecule has 0 radical (unpaired) electrons. The highest BCUT2D eigenvalue weighted by Crippen LogP contribution is 2.16. The summed E-state index contributed by atoms with van der Waals surface area (Å²) in [5.74, 6) is 0.404. The minimum atomic E-state index is -0.254. The van der Waals surface area contributed by atoms with Crippen LogP contribution in [0.15, 0.2) is 36.5 Å². The molecular formula is C14H13ClFN3S. The average molecular weight is 310 g/mol. The van der Waals surface area contributed by atoms with Crippen molar-refractivity contribution in [2.75, 3.05) is 5.32 Å². The van der Waals surface area contributed by atoms with Crippen LogP contribution in [-0.4, -0.2) is 10.1 Å². The molecule has 0 atom stereocenters. The van der Waals surface area contributed by atoms with Crippen molar-refractivity contribution in [3.05, 3.63) is 58.5 Å². The zero-order valence-electron chi connectivity index (χ0n) is 10.8. The molecule has 6 heteroatoms. The second-order valence-corrected chi connectivity index (χ2v) is 5.10. The highest BCUT2D eigenvalue weighted by molar-refractivity contribution is 7.80.